The standard InChI is InChI=1S/C18H20Cl2N2O4/c19-12-5-6-14(20)13(9-12)16(23)22-8-2-4-15(22)17(24)21-7-1-3-11(10-21)18(25)26/h5-6,9,11,15H,1-4,7-8,10H2,(H,25,26)/t11-,15+/m1/s1. The summed E-state index contributed by atoms with van der Waals surface area (Å²) in [5.41, 5.74) is 0.279. The van der Waals surface area contributed by atoms with E-state index in [2.05, 4.69) is 0 Å². The predicted octanol–water partition coefficient (Wildman–Crippen LogP) is 2.92. The summed E-state index contributed by atoms with van der Waals surface area (Å²) in [6.45, 7) is 1.19. The molecule has 1 aromatic rings. The first kappa shape index (κ1) is 19.0. The Bertz CT molecular complexity index is 740. The van der Waals surface area contributed by atoms with Crippen LogP contribution in [-0.4, -0.2) is 58.4 Å². The summed E-state index contributed by atoms with van der Waals surface area (Å²) in [6.07, 6.45) is 2.52. The summed E-state index contributed by atoms with van der Waals surface area (Å²) < 4.78 is 0. The number of likely N-dealkylation sites (tertiary alicyclic amines) is 2. The van der Waals surface area contributed by atoms with Crippen LogP contribution < -0.4 is 0 Å². The lowest BCUT2D eigenvalue weighted by molar-refractivity contribution is -0.146. The van der Waals surface area contributed by atoms with Gasteiger partial charge in [0.25, 0.3) is 5.91 Å². The Morgan fingerprint density at radius 1 is 1.08 bits per heavy atom. The van der Waals surface area contributed by atoms with E-state index in [1.165, 1.54) is 11.0 Å². The van der Waals surface area contributed by atoms with Crippen molar-refractivity contribution in [3.63, 3.8) is 0 Å². The Kier molecular flexibility index (Phi) is 5.73. The molecule has 0 saturated carbocycles. The number of carbonyl (C=O) groups excluding carboxylic acids is 2. The Hall–Kier alpha value is -1.79. The fourth-order valence-electron chi connectivity index (χ4n) is 3.67. The molecule has 6 nitrogen and oxygen atoms in total. The van der Waals surface area contributed by atoms with Gasteiger partial charge in [-0.25, -0.2) is 0 Å². The van der Waals surface area contributed by atoms with Gasteiger partial charge < -0.3 is 14.9 Å². The minimum Gasteiger partial charge on any atom is -0.481 e. The number of hydrogen-bond acceptors (Lipinski definition) is 3. The monoisotopic (exact) mass is 398 g/mol. The predicted molar refractivity (Wildman–Crippen MR) is 97.5 cm³/mol. The second-order valence-corrected chi connectivity index (χ2v) is 7.59. The van der Waals surface area contributed by atoms with Crippen LogP contribution in [0, 0.1) is 5.92 Å². The van der Waals surface area contributed by atoms with Crippen molar-refractivity contribution in [3.05, 3.63) is 33.8 Å². The molecule has 2 fully saturated rings. The van der Waals surface area contributed by atoms with Crippen LogP contribution in [0.1, 0.15) is 36.0 Å². The topological polar surface area (TPSA) is 77.9 Å². The number of aliphatic carboxylic acids is 1. The largest absolute Gasteiger partial charge is 0.481 e. The van der Waals surface area contributed by atoms with Crippen molar-refractivity contribution < 1.29 is 19.5 Å². The van der Waals surface area contributed by atoms with Gasteiger partial charge in [-0.3, -0.25) is 14.4 Å². The summed E-state index contributed by atoms with van der Waals surface area (Å²) in [7, 11) is 0. The zero-order valence-corrected chi connectivity index (χ0v) is 15.7. The van der Waals surface area contributed by atoms with Crippen LogP contribution in [0.15, 0.2) is 18.2 Å². The van der Waals surface area contributed by atoms with E-state index in [0.29, 0.717) is 42.4 Å². The lowest BCUT2D eigenvalue weighted by Gasteiger charge is -2.35. The molecule has 2 heterocycles. The molecule has 0 aromatic heterocycles. The molecule has 1 N–H and O–H groups in total. The van der Waals surface area contributed by atoms with Crippen molar-refractivity contribution in [1.82, 2.24) is 9.80 Å². The molecule has 0 unspecified atom stereocenters. The number of piperidine rings is 1. The highest BCUT2D eigenvalue weighted by Crippen LogP contribution is 2.28. The summed E-state index contributed by atoms with van der Waals surface area (Å²) in [5.74, 6) is -1.92. The molecule has 0 aliphatic carbocycles. The number of rotatable bonds is 3. The zero-order valence-electron chi connectivity index (χ0n) is 14.2. The maximum atomic E-state index is 12.9. The van der Waals surface area contributed by atoms with E-state index in [1.54, 1.807) is 17.0 Å². The van der Waals surface area contributed by atoms with Gasteiger partial charge in [0.05, 0.1) is 16.5 Å². The Morgan fingerprint density at radius 2 is 1.81 bits per heavy atom. The smallest absolute Gasteiger partial charge is 0.308 e. The first-order valence-electron chi connectivity index (χ1n) is 8.66. The number of benzene rings is 1. The second kappa shape index (κ2) is 7.84. The molecule has 140 valence electrons. The zero-order chi connectivity index (χ0) is 18.8. The van der Waals surface area contributed by atoms with E-state index in [-0.39, 0.29) is 23.9 Å². The van der Waals surface area contributed by atoms with Gasteiger partial charge in [-0.05, 0) is 43.9 Å². The van der Waals surface area contributed by atoms with Gasteiger partial charge in [0.2, 0.25) is 5.91 Å². The van der Waals surface area contributed by atoms with Gasteiger partial charge in [0.15, 0.2) is 0 Å². The molecule has 2 atom stereocenters. The van der Waals surface area contributed by atoms with Gasteiger partial charge >= 0.3 is 5.97 Å². The lowest BCUT2D eigenvalue weighted by Crippen LogP contribution is -2.51. The van der Waals surface area contributed by atoms with Crippen molar-refractivity contribution in [3.8, 4) is 0 Å². The molecule has 1 aromatic carbocycles. The van der Waals surface area contributed by atoms with Crippen LogP contribution in [0.2, 0.25) is 10.0 Å². The number of amides is 2. The van der Waals surface area contributed by atoms with Crippen LogP contribution in [0.5, 0.6) is 0 Å². The molecule has 0 bridgehead atoms. The average Bonchev–Trinajstić information content (AvgIpc) is 3.12. The van der Waals surface area contributed by atoms with Crippen LogP contribution >= 0.6 is 23.2 Å². The molecule has 2 saturated heterocycles. The lowest BCUT2D eigenvalue weighted by atomic mass is 9.97. The molecule has 8 heteroatoms. The normalized spacial score (nSPS) is 23.2. The van der Waals surface area contributed by atoms with Gasteiger partial charge in [-0.2, -0.15) is 0 Å². The van der Waals surface area contributed by atoms with Gasteiger partial charge in [-0.15, -0.1) is 0 Å². The molecular weight excluding hydrogens is 379 g/mol. The third kappa shape index (κ3) is 3.81. The highest BCUT2D eigenvalue weighted by molar-refractivity contribution is 6.35. The van der Waals surface area contributed by atoms with Gasteiger partial charge in [0.1, 0.15) is 6.04 Å². The quantitative estimate of drug-likeness (QED) is 0.848. The number of hydrogen-bond donors (Lipinski definition) is 1. The molecule has 2 aliphatic heterocycles. The van der Waals surface area contributed by atoms with Crippen molar-refractivity contribution in [2.45, 2.75) is 31.7 Å². The number of halogens is 2. The van der Waals surface area contributed by atoms with Crippen LogP contribution in [0.3, 0.4) is 0 Å². The Balaban J connectivity index is 1.77. The molecule has 2 aliphatic rings. The Labute approximate surface area is 161 Å². The van der Waals surface area contributed by atoms with E-state index >= 15 is 0 Å². The van der Waals surface area contributed by atoms with E-state index in [9.17, 15) is 19.5 Å². The summed E-state index contributed by atoms with van der Waals surface area (Å²) in [4.78, 5) is 40.2. The van der Waals surface area contributed by atoms with E-state index in [4.69, 9.17) is 23.2 Å². The maximum absolute atomic E-state index is 12.9. The molecule has 2 amide bonds. The van der Waals surface area contributed by atoms with Gasteiger partial charge in [-0.1, -0.05) is 23.2 Å². The average molecular weight is 399 g/mol. The fraction of sp³-hybridized carbons (Fsp3) is 0.500. The first-order chi connectivity index (χ1) is 12.4. The maximum Gasteiger partial charge on any atom is 0.308 e. The van der Waals surface area contributed by atoms with Crippen molar-refractivity contribution >= 4 is 41.0 Å². The highest BCUT2D eigenvalue weighted by Gasteiger charge is 2.39. The van der Waals surface area contributed by atoms with Crippen LogP contribution in [0.4, 0.5) is 0 Å². The van der Waals surface area contributed by atoms with E-state index in [1.807, 2.05) is 0 Å². The molecule has 26 heavy (non-hydrogen) atoms. The summed E-state index contributed by atoms with van der Waals surface area (Å²) >= 11 is 12.1. The van der Waals surface area contributed by atoms with Crippen LogP contribution in [0.25, 0.3) is 0 Å². The fourth-order valence-corrected chi connectivity index (χ4v) is 4.04. The number of carboxylic acids is 1. The van der Waals surface area contributed by atoms with Crippen LogP contribution in [-0.2, 0) is 9.59 Å². The number of carbonyl (C=O) groups is 3. The molecule has 3 rings (SSSR count). The number of carboxylic acid groups (broad SMARTS) is 1. The van der Waals surface area contributed by atoms with E-state index in [0.717, 1.165) is 6.42 Å². The Morgan fingerprint density at radius 3 is 2.54 bits per heavy atom. The van der Waals surface area contributed by atoms with Crippen molar-refractivity contribution in [1.29, 1.82) is 0 Å². The van der Waals surface area contributed by atoms with Crippen molar-refractivity contribution in [2.75, 3.05) is 19.6 Å². The molecule has 0 spiro atoms. The van der Waals surface area contributed by atoms with Crippen molar-refractivity contribution in [2.24, 2.45) is 5.92 Å². The summed E-state index contributed by atoms with van der Waals surface area (Å²) in [6, 6.07) is 4.09. The number of nitrogens with zero attached hydrogens (tertiary/aromatic N) is 2. The summed E-state index contributed by atoms with van der Waals surface area (Å²) in [5, 5.41) is 9.91. The van der Waals surface area contributed by atoms with E-state index < -0.39 is 17.9 Å². The minimum atomic E-state index is -0.882. The van der Waals surface area contributed by atoms with Gasteiger partial charge in [0, 0.05) is 24.7 Å². The SMILES string of the molecule is O=C(O)[C@@H]1CCCN(C(=O)[C@@H]2CCCN2C(=O)c2cc(Cl)ccc2Cl)C1. The molecular formula is C18H20Cl2N2O4. The third-order valence-corrected chi connectivity index (χ3v) is 5.60. The highest BCUT2D eigenvalue weighted by atomic mass is 35.5. The molecule has 0 radical (unpaired) electrons. The second-order valence-electron chi connectivity index (χ2n) is 6.74. The third-order valence-electron chi connectivity index (χ3n) is 5.04. The minimum absolute atomic E-state index is 0.181. The first-order valence-corrected chi connectivity index (χ1v) is 9.41.